The zero-order valence-electron chi connectivity index (χ0n) is 8.07. The Hall–Kier alpha value is -0.270. The summed E-state index contributed by atoms with van der Waals surface area (Å²) < 4.78 is 50.3. The molecule has 2 rings (SSSR count). The van der Waals surface area contributed by atoms with Crippen LogP contribution in [-0.2, 0) is 10.0 Å². The Morgan fingerprint density at radius 2 is 1.87 bits per heavy atom. The summed E-state index contributed by atoms with van der Waals surface area (Å²) in [7, 11) is -3.54. The summed E-state index contributed by atoms with van der Waals surface area (Å²) in [6.07, 6.45) is -0.790. The summed E-state index contributed by atoms with van der Waals surface area (Å²) in [5, 5.41) is 8.53. The smallest absolute Gasteiger partial charge is 0.286 e. The first-order valence-electron chi connectivity index (χ1n) is 4.89. The molecule has 0 aromatic carbocycles. The molecule has 15 heavy (non-hydrogen) atoms. The van der Waals surface area contributed by atoms with Crippen LogP contribution in [0.2, 0.25) is 0 Å². The third kappa shape index (κ3) is 2.00. The fourth-order valence-corrected chi connectivity index (χ4v) is 3.56. The maximum Gasteiger partial charge on any atom is 0.286 e. The average molecular weight is 241 g/mol. The second-order valence-corrected chi connectivity index (χ2v) is 6.36. The Balaban J connectivity index is 2.12. The first-order chi connectivity index (χ1) is 6.84. The SMILES string of the molecule is O=S(=O)(C1CC1)N1CC[C@H](O)C(F)(F)C1. The van der Waals surface area contributed by atoms with Crippen LogP contribution in [0.1, 0.15) is 19.3 Å². The lowest BCUT2D eigenvalue weighted by Gasteiger charge is -2.35. The fourth-order valence-electron chi connectivity index (χ4n) is 1.69. The van der Waals surface area contributed by atoms with Crippen LogP contribution < -0.4 is 0 Å². The number of halogens is 2. The van der Waals surface area contributed by atoms with Gasteiger partial charge in [-0.3, -0.25) is 0 Å². The van der Waals surface area contributed by atoms with Crippen molar-refractivity contribution in [1.29, 1.82) is 0 Å². The van der Waals surface area contributed by atoms with Gasteiger partial charge in [0.15, 0.2) is 0 Å². The van der Waals surface area contributed by atoms with Crippen LogP contribution in [0.25, 0.3) is 0 Å². The van der Waals surface area contributed by atoms with Gasteiger partial charge < -0.3 is 5.11 Å². The van der Waals surface area contributed by atoms with Gasteiger partial charge in [0.25, 0.3) is 5.92 Å². The maximum absolute atomic E-state index is 13.1. The molecule has 4 nitrogen and oxygen atoms in total. The van der Waals surface area contributed by atoms with E-state index in [2.05, 4.69) is 0 Å². The predicted octanol–water partition coefficient (Wildman–Crippen LogP) is 0.181. The second-order valence-electron chi connectivity index (χ2n) is 4.14. The van der Waals surface area contributed by atoms with Gasteiger partial charge in [-0.05, 0) is 19.3 Å². The number of piperidine rings is 1. The molecule has 0 amide bonds. The van der Waals surface area contributed by atoms with Crippen LogP contribution in [0.3, 0.4) is 0 Å². The molecule has 1 heterocycles. The van der Waals surface area contributed by atoms with Crippen LogP contribution in [0.15, 0.2) is 0 Å². The quantitative estimate of drug-likeness (QED) is 0.750. The Morgan fingerprint density at radius 1 is 1.27 bits per heavy atom. The number of aliphatic hydroxyl groups excluding tert-OH is 1. The zero-order chi connectivity index (χ0) is 11.3. The number of nitrogens with zero attached hydrogens (tertiary/aromatic N) is 1. The standard InChI is InChI=1S/C8H13F2NO3S/c9-8(10)5-11(4-3-7(8)12)15(13,14)6-1-2-6/h6-7,12H,1-5H2/t7-/m0/s1. The third-order valence-electron chi connectivity index (χ3n) is 2.83. The molecule has 1 saturated carbocycles. The average Bonchev–Trinajstić information content (AvgIpc) is 2.92. The lowest BCUT2D eigenvalue weighted by Crippen LogP contribution is -2.53. The van der Waals surface area contributed by atoms with Crippen molar-refractivity contribution in [2.75, 3.05) is 13.1 Å². The van der Waals surface area contributed by atoms with Crippen LogP contribution in [0, 0.1) is 0 Å². The van der Waals surface area contributed by atoms with E-state index in [1.54, 1.807) is 0 Å². The highest BCUT2D eigenvalue weighted by atomic mass is 32.2. The molecule has 1 aliphatic carbocycles. The molecule has 88 valence electrons. The number of hydrogen-bond acceptors (Lipinski definition) is 3. The lowest BCUT2D eigenvalue weighted by molar-refractivity contribution is -0.136. The zero-order valence-corrected chi connectivity index (χ0v) is 8.88. The van der Waals surface area contributed by atoms with E-state index in [9.17, 15) is 17.2 Å². The molecule has 0 spiro atoms. The van der Waals surface area contributed by atoms with Crippen molar-refractivity contribution in [3.8, 4) is 0 Å². The van der Waals surface area contributed by atoms with E-state index in [0.717, 1.165) is 4.31 Å². The summed E-state index contributed by atoms with van der Waals surface area (Å²) in [6, 6.07) is 0. The maximum atomic E-state index is 13.1. The Kier molecular flexibility index (Phi) is 2.51. The predicted molar refractivity (Wildman–Crippen MR) is 49.1 cm³/mol. The molecule has 0 radical (unpaired) electrons. The topological polar surface area (TPSA) is 57.6 Å². The van der Waals surface area contributed by atoms with E-state index in [1.165, 1.54) is 0 Å². The molecule has 1 atom stereocenters. The molecule has 0 aromatic heterocycles. The van der Waals surface area contributed by atoms with Crippen molar-refractivity contribution in [2.24, 2.45) is 0 Å². The van der Waals surface area contributed by atoms with E-state index in [1.807, 2.05) is 0 Å². The third-order valence-corrected chi connectivity index (χ3v) is 5.18. The molecule has 1 N–H and O–H groups in total. The molecule has 1 aliphatic heterocycles. The minimum Gasteiger partial charge on any atom is -0.387 e. The van der Waals surface area contributed by atoms with Gasteiger partial charge in [-0.25, -0.2) is 17.2 Å². The largest absolute Gasteiger partial charge is 0.387 e. The summed E-state index contributed by atoms with van der Waals surface area (Å²) in [4.78, 5) is 0. The molecular weight excluding hydrogens is 228 g/mol. The Labute approximate surface area is 86.9 Å². The molecule has 1 saturated heterocycles. The number of hydrogen-bond donors (Lipinski definition) is 1. The number of alkyl halides is 2. The van der Waals surface area contributed by atoms with Gasteiger partial charge in [-0.1, -0.05) is 0 Å². The van der Waals surface area contributed by atoms with Crippen molar-refractivity contribution in [3.05, 3.63) is 0 Å². The van der Waals surface area contributed by atoms with Gasteiger partial charge in [0.2, 0.25) is 10.0 Å². The lowest BCUT2D eigenvalue weighted by atomic mass is 10.1. The number of aliphatic hydroxyl groups is 1. The minimum atomic E-state index is -3.54. The van der Waals surface area contributed by atoms with Gasteiger partial charge in [-0.15, -0.1) is 0 Å². The van der Waals surface area contributed by atoms with Gasteiger partial charge in [0.1, 0.15) is 6.10 Å². The summed E-state index contributed by atoms with van der Waals surface area (Å²) in [5.41, 5.74) is 0. The van der Waals surface area contributed by atoms with E-state index >= 15 is 0 Å². The van der Waals surface area contributed by atoms with Crippen LogP contribution in [0.5, 0.6) is 0 Å². The highest BCUT2D eigenvalue weighted by molar-refractivity contribution is 7.90. The summed E-state index contributed by atoms with van der Waals surface area (Å²) in [6.45, 7) is -0.886. The molecule has 0 bridgehead atoms. The van der Waals surface area contributed by atoms with Crippen LogP contribution in [-0.4, -0.2) is 48.2 Å². The first kappa shape index (κ1) is 11.2. The van der Waals surface area contributed by atoms with Crippen molar-refractivity contribution < 1.29 is 22.3 Å². The fraction of sp³-hybridized carbons (Fsp3) is 1.00. The van der Waals surface area contributed by atoms with Gasteiger partial charge >= 0.3 is 0 Å². The molecule has 7 heteroatoms. The normalized spacial score (nSPS) is 32.9. The highest BCUT2D eigenvalue weighted by Crippen LogP contribution is 2.35. The number of sulfonamides is 1. The monoisotopic (exact) mass is 241 g/mol. The van der Waals surface area contributed by atoms with Crippen molar-refractivity contribution in [3.63, 3.8) is 0 Å². The van der Waals surface area contributed by atoms with Gasteiger partial charge in [-0.2, -0.15) is 4.31 Å². The van der Waals surface area contributed by atoms with Crippen molar-refractivity contribution >= 4 is 10.0 Å². The van der Waals surface area contributed by atoms with Crippen LogP contribution in [0.4, 0.5) is 8.78 Å². The van der Waals surface area contributed by atoms with Crippen molar-refractivity contribution in [1.82, 2.24) is 4.31 Å². The molecule has 2 aliphatic rings. The molecule has 0 aromatic rings. The Bertz CT molecular complexity index is 353. The summed E-state index contributed by atoms with van der Waals surface area (Å²) >= 11 is 0. The van der Waals surface area contributed by atoms with E-state index in [4.69, 9.17) is 5.11 Å². The first-order valence-corrected chi connectivity index (χ1v) is 6.39. The molecule has 2 fully saturated rings. The van der Waals surface area contributed by atoms with Crippen molar-refractivity contribution in [2.45, 2.75) is 36.5 Å². The van der Waals surface area contributed by atoms with Crippen LogP contribution >= 0.6 is 0 Å². The molecular formula is C8H13F2NO3S. The molecule has 0 unspecified atom stereocenters. The van der Waals surface area contributed by atoms with Gasteiger partial charge in [0.05, 0.1) is 11.8 Å². The highest BCUT2D eigenvalue weighted by Gasteiger charge is 2.50. The summed E-state index contributed by atoms with van der Waals surface area (Å²) in [5.74, 6) is -3.32. The second kappa shape index (κ2) is 3.36. The minimum absolute atomic E-state index is 0.00438. The van der Waals surface area contributed by atoms with E-state index < -0.39 is 33.8 Å². The van der Waals surface area contributed by atoms with E-state index in [0.29, 0.717) is 12.8 Å². The van der Waals surface area contributed by atoms with E-state index in [-0.39, 0.29) is 13.0 Å². The number of rotatable bonds is 2. The Morgan fingerprint density at radius 3 is 2.33 bits per heavy atom. The van der Waals surface area contributed by atoms with Gasteiger partial charge in [0, 0.05) is 6.54 Å².